The third-order valence-electron chi connectivity index (χ3n) is 11.3. The molecule has 0 fully saturated rings. The van der Waals surface area contributed by atoms with Crippen LogP contribution in [0.4, 0.5) is 0 Å². The van der Waals surface area contributed by atoms with Crippen molar-refractivity contribution in [3.05, 3.63) is 130 Å². The van der Waals surface area contributed by atoms with E-state index >= 15 is 0 Å². The van der Waals surface area contributed by atoms with Crippen LogP contribution in [0, 0.1) is 0 Å². The van der Waals surface area contributed by atoms with E-state index in [4.69, 9.17) is 17.0 Å². The van der Waals surface area contributed by atoms with Gasteiger partial charge in [-0.15, -0.1) is 0 Å². The maximum absolute atomic E-state index is 8.55. The second-order valence-corrected chi connectivity index (χ2v) is 59.4. The number of allylic oxidation sites excluding steroid dienone is 2. The first-order valence-corrected chi connectivity index (χ1v) is 34.3. The molecular formula is C44H53Cl2SiZr. The Hall–Kier alpha value is -1.96. The van der Waals surface area contributed by atoms with Crippen LogP contribution in [0.3, 0.4) is 0 Å². The third-order valence-corrected chi connectivity index (χ3v) is 63.2. The predicted octanol–water partition coefficient (Wildman–Crippen LogP) is 14.0. The molecule has 0 aliphatic heterocycles. The van der Waals surface area contributed by atoms with E-state index in [1.807, 2.05) is 0 Å². The van der Waals surface area contributed by atoms with E-state index in [0.29, 0.717) is 0 Å². The van der Waals surface area contributed by atoms with E-state index in [1.54, 1.807) is 0 Å². The monoisotopic (exact) mass is 769 g/mol. The summed E-state index contributed by atoms with van der Waals surface area (Å²) < 4.78 is 0.202. The van der Waals surface area contributed by atoms with Crippen LogP contribution in [0.2, 0.25) is 13.1 Å². The standard InChI is InChI=1S/C23H27.C19H19.C2H7Si.2ClH.Zr/c1-5-6-8-17-15-19-9-7-10-21(22(19)16-17)18-11-13-20(14-12-18)23(2,3)4;1-19(2,3)16-12-10-15(11-13-16)18-9-5-7-14-6-4-8-17(14)18;1-3-2;;;/h7,9-16H,5-6,8H2,1-4H3;4-13H,1-3H3;3H,1-2H3;2*1H;/q;;;;;+2/p-2. The van der Waals surface area contributed by atoms with Gasteiger partial charge in [-0.3, -0.25) is 0 Å². The Kier molecular flexibility index (Phi) is 9.69. The van der Waals surface area contributed by atoms with Crippen molar-refractivity contribution in [3.8, 4) is 22.3 Å². The molecule has 6 rings (SSSR count). The molecule has 48 heavy (non-hydrogen) atoms. The Balaban J connectivity index is 1.48. The average molecular weight is 772 g/mol. The molecule has 2 aliphatic carbocycles. The number of rotatable bonds is 8. The zero-order chi connectivity index (χ0) is 34.7. The SMILES string of the molecule is CCCCC1=Cc2c(-c3ccc(C(C)(C)C)cc3)cccc2[CH]1[Zr]([Cl])([Cl])([CH]1C=Cc2c(-c3ccc(C(C)(C)C)cc3)cccc21)[SiH](C)C. The van der Waals surface area contributed by atoms with Gasteiger partial charge < -0.3 is 0 Å². The van der Waals surface area contributed by atoms with Gasteiger partial charge in [0.1, 0.15) is 0 Å². The molecule has 0 saturated carbocycles. The zero-order valence-corrected chi connectivity index (χ0v) is 35.5. The fourth-order valence-corrected chi connectivity index (χ4v) is 37.6. The van der Waals surface area contributed by atoms with Gasteiger partial charge in [-0.1, -0.05) is 0 Å². The van der Waals surface area contributed by atoms with Gasteiger partial charge in [-0.05, 0) is 0 Å². The van der Waals surface area contributed by atoms with Gasteiger partial charge >= 0.3 is 302 Å². The number of fused-ring (bicyclic) bond motifs is 2. The molecule has 0 bridgehead atoms. The van der Waals surface area contributed by atoms with Gasteiger partial charge in [0.25, 0.3) is 0 Å². The minimum atomic E-state index is -4.74. The maximum atomic E-state index is 8.55. The Bertz CT molecular complexity index is 1880. The van der Waals surface area contributed by atoms with Crippen LogP contribution in [0.15, 0.2) is 96.6 Å². The molecule has 0 aromatic heterocycles. The van der Waals surface area contributed by atoms with Gasteiger partial charge in [-0.25, -0.2) is 0 Å². The van der Waals surface area contributed by atoms with Crippen molar-refractivity contribution in [2.24, 2.45) is 0 Å². The first kappa shape index (κ1) is 35.9. The van der Waals surface area contributed by atoms with Crippen molar-refractivity contribution >= 4 is 35.1 Å². The van der Waals surface area contributed by atoms with E-state index in [-0.39, 0.29) is 18.1 Å². The van der Waals surface area contributed by atoms with Gasteiger partial charge in [0.2, 0.25) is 0 Å². The molecule has 0 amide bonds. The molecule has 4 aromatic carbocycles. The summed E-state index contributed by atoms with van der Waals surface area (Å²) in [5.74, 6) is -1.59. The third kappa shape index (κ3) is 6.16. The average Bonchev–Trinajstić information content (AvgIpc) is 3.66. The fraction of sp³-hybridized carbons (Fsp3) is 0.364. The summed E-state index contributed by atoms with van der Waals surface area (Å²) in [5, 5.41) is 0. The van der Waals surface area contributed by atoms with E-state index in [2.05, 4.69) is 165 Å². The van der Waals surface area contributed by atoms with Crippen LogP contribution in [0.1, 0.15) is 108 Å². The summed E-state index contributed by atoms with van der Waals surface area (Å²) in [6.07, 6.45) is 10.6. The van der Waals surface area contributed by atoms with E-state index in [9.17, 15) is 0 Å². The molecule has 251 valence electrons. The summed E-state index contributed by atoms with van der Waals surface area (Å²) in [4.78, 5) is 0. The van der Waals surface area contributed by atoms with Crippen LogP contribution in [0.25, 0.3) is 34.4 Å². The quantitative estimate of drug-likeness (QED) is 0.157. The Morgan fingerprint density at radius 1 is 0.667 bits per heavy atom. The van der Waals surface area contributed by atoms with E-state index < -0.39 is 21.5 Å². The van der Waals surface area contributed by atoms with Crippen molar-refractivity contribution in [1.82, 2.24) is 0 Å². The zero-order valence-electron chi connectivity index (χ0n) is 30.4. The van der Waals surface area contributed by atoms with Crippen LogP contribution >= 0.6 is 17.0 Å². The Labute approximate surface area is 299 Å². The molecule has 0 radical (unpaired) electrons. The van der Waals surface area contributed by atoms with Crippen molar-refractivity contribution in [3.63, 3.8) is 0 Å². The van der Waals surface area contributed by atoms with Gasteiger partial charge in [0.15, 0.2) is 0 Å². The van der Waals surface area contributed by atoms with Crippen molar-refractivity contribution in [1.29, 1.82) is 0 Å². The Morgan fingerprint density at radius 2 is 1.17 bits per heavy atom. The summed E-state index contributed by atoms with van der Waals surface area (Å²) in [6, 6.07) is 32.1. The van der Waals surface area contributed by atoms with Gasteiger partial charge in [0, 0.05) is 0 Å². The number of halogens is 2. The molecule has 0 spiro atoms. The van der Waals surface area contributed by atoms with Crippen molar-refractivity contribution in [2.75, 3.05) is 0 Å². The first-order valence-electron chi connectivity index (χ1n) is 18.0. The molecule has 4 aromatic rings. The molecular weight excluding hydrogens is 719 g/mol. The molecule has 2 aliphatic rings. The van der Waals surface area contributed by atoms with Crippen LogP contribution in [-0.4, -0.2) is 5.92 Å². The summed E-state index contributed by atoms with van der Waals surface area (Å²) in [7, 11) is 17.1. The van der Waals surface area contributed by atoms with Gasteiger partial charge in [-0.2, -0.15) is 0 Å². The molecule has 0 nitrogen and oxygen atoms in total. The summed E-state index contributed by atoms with van der Waals surface area (Å²) >= 11 is -4.74. The molecule has 0 N–H and O–H groups in total. The van der Waals surface area contributed by atoms with Crippen LogP contribution < -0.4 is 0 Å². The van der Waals surface area contributed by atoms with E-state index in [1.165, 1.54) is 61.2 Å². The molecule has 2 atom stereocenters. The topological polar surface area (TPSA) is 0 Å². The number of hydrogen-bond acceptors (Lipinski definition) is 0. The minimum absolute atomic E-state index is 0.0842. The number of unbranched alkanes of at least 4 members (excludes halogenated alkanes) is 1. The predicted molar refractivity (Wildman–Crippen MR) is 214 cm³/mol. The van der Waals surface area contributed by atoms with Gasteiger partial charge in [0.05, 0.1) is 0 Å². The molecule has 2 unspecified atom stereocenters. The summed E-state index contributed by atoms with van der Waals surface area (Å²) in [6.45, 7) is 20.8. The van der Waals surface area contributed by atoms with Crippen LogP contribution in [-0.2, 0) is 26.4 Å². The van der Waals surface area contributed by atoms with Crippen molar-refractivity contribution in [2.45, 2.75) is 98.9 Å². The fourth-order valence-electron chi connectivity index (χ4n) is 8.21. The Morgan fingerprint density at radius 3 is 1.65 bits per heavy atom. The van der Waals surface area contributed by atoms with Crippen molar-refractivity contribution < 1.29 is 15.6 Å². The first-order chi connectivity index (χ1) is 22.5. The molecule has 0 saturated heterocycles. The van der Waals surface area contributed by atoms with E-state index in [0.717, 1.165) is 19.3 Å². The second-order valence-electron chi connectivity index (χ2n) is 16.7. The number of benzene rings is 4. The normalized spacial score (nSPS) is 18.4. The summed E-state index contributed by atoms with van der Waals surface area (Å²) in [5.41, 5.74) is 14.8. The molecule has 0 heterocycles. The number of hydrogen-bond donors (Lipinski definition) is 0. The second kappa shape index (κ2) is 13.0. The van der Waals surface area contributed by atoms with Crippen LogP contribution in [0.5, 0.6) is 0 Å². The molecule has 4 heteroatoms.